The highest BCUT2D eigenvalue weighted by Crippen LogP contribution is 2.37. The summed E-state index contributed by atoms with van der Waals surface area (Å²) in [4.78, 5) is 23.1. The van der Waals surface area contributed by atoms with Gasteiger partial charge in [-0.3, -0.25) is 0 Å². The van der Waals surface area contributed by atoms with E-state index in [0.717, 1.165) is 16.7 Å². The van der Waals surface area contributed by atoms with Crippen molar-refractivity contribution in [3.8, 4) is 22.6 Å². The quantitative estimate of drug-likeness (QED) is 0.264. The van der Waals surface area contributed by atoms with Gasteiger partial charge in [0, 0.05) is 23.7 Å². The van der Waals surface area contributed by atoms with E-state index in [1.807, 2.05) is 36.4 Å². The summed E-state index contributed by atoms with van der Waals surface area (Å²) in [6.45, 7) is 0. The van der Waals surface area contributed by atoms with E-state index in [2.05, 4.69) is 5.32 Å². The zero-order chi connectivity index (χ0) is 25.7. The van der Waals surface area contributed by atoms with E-state index in [9.17, 15) is 19.8 Å². The Kier molecular flexibility index (Phi) is 7.20. The third-order valence-corrected chi connectivity index (χ3v) is 5.86. The molecule has 4 aromatic carbocycles. The molecular formula is C29H25NO6. The molecule has 0 amide bonds. The minimum atomic E-state index is -1.01. The number of hydrogen-bond acceptors (Lipinski definition) is 5. The maximum Gasteiger partial charge on any atom is 0.337 e. The van der Waals surface area contributed by atoms with E-state index in [4.69, 9.17) is 9.47 Å². The van der Waals surface area contributed by atoms with Crippen LogP contribution in [0.3, 0.4) is 0 Å². The van der Waals surface area contributed by atoms with Crippen LogP contribution in [0.4, 0.5) is 11.4 Å². The SMILES string of the molecule is COc1cc(-c2ccc(Nc3ccccc3C(=O)O)cc2OC)ccc1Cc1ccccc1C(=O)O. The molecule has 0 aliphatic rings. The highest BCUT2D eigenvalue weighted by Gasteiger charge is 2.15. The van der Waals surface area contributed by atoms with Gasteiger partial charge in [0.15, 0.2) is 0 Å². The van der Waals surface area contributed by atoms with Gasteiger partial charge in [0.1, 0.15) is 11.5 Å². The Hall–Kier alpha value is -4.78. The number of nitrogens with one attached hydrogen (secondary N) is 1. The fourth-order valence-corrected chi connectivity index (χ4v) is 4.09. The minimum absolute atomic E-state index is 0.172. The van der Waals surface area contributed by atoms with Gasteiger partial charge in [0.25, 0.3) is 0 Å². The Balaban J connectivity index is 1.65. The summed E-state index contributed by atoms with van der Waals surface area (Å²) in [6, 6.07) is 24.9. The predicted octanol–water partition coefficient (Wildman–Crippen LogP) is 6.10. The number of benzene rings is 4. The normalized spacial score (nSPS) is 10.5. The van der Waals surface area contributed by atoms with Gasteiger partial charge in [0.2, 0.25) is 0 Å². The fraction of sp³-hybridized carbons (Fsp3) is 0.103. The number of rotatable bonds is 9. The first kappa shape index (κ1) is 24.3. The molecule has 7 nitrogen and oxygen atoms in total. The lowest BCUT2D eigenvalue weighted by Crippen LogP contribution is -2.04. The molecule has 0 fully saturated rings. The number of aromatic carboxylic acids is 2. The molecule has 0 saturated heterocycles. The first-order chi connectivity index (χ1) is 17.4. The summed E-state index contributed by atoms with van der Waals surface area (Å²) in [7, 11) is 3.15. The Labute approximate surface area is 208 Å². The fourth-order valence-electron chi connectivity index (χ4n) is 4.09. The van der Waals surface area contributed by atoms with Crippen molar-refractivity contribution in [1.82, 2.24) is 0 Å². The van der Waals surface area contributed by atoms with E-state index < -0.39 is 11.9 Å². The Morgan fingerprint density at radius 2 is 1.39 bits per heavy atom. The number of carboxylic acids is 2. The minimum Gasteiger partial charge on any atom is -0.496 e. The van der Waals surface area contributed by atoms with Crippen molar-refractivity contribution < 1.29 is 29.3 Å². The third kappa shape index (κ3) is 5.15. The Morgan fingerprint density at radius 1 is 0.722 bits per heavy atom. The first-order valence-corrected chi connectivity index (χ1v) is 11.2. The van der Waals surface area contributed by atoms with Gasteiger partial charge in [-0.25, -0.2) is 9.59 Å². The zero-order valence-electron chi connectivity index (χ0n) is 19.8. The maximum atomic E-state index is 11.6. The highest BCUT2D eigenvalue weighted by molar-refractivity contribution is 5.95. The molecule has 182 valence electrons. The van der Waals surface area contributed by atoms with Gasteiger partial charge in [-0.1, -0.05) is 42.5 Å². The van der Waals surface area contributed by atoms with Gasteiger partial charge < -0.3 is 25.0 Å². The van der Waals surface area contributed by atoms with E-state index in [0.29, 0.717) is 34.9 Å². The van der Waals surface area contributed by atoms with Crippen LogP contribution in [0.25, 0.3) is 11.1 Å². The number of methoxy groups -OCH3 is 2. The topological polar surface area (TPSA) is 105 Å². The molecule has 0 saturated carbocycles. The monoisotopic (exact) mass is 483 g/mol. The first-order valence-electron chi connectivity index (χ1n) is 11.2. The average Bonchev–Trinajstić information content (AvgIpc) is 2.89. The van der Waals surface area contributed by atoms with Gasteiger partial charge in [-0.15, -0.1) is 0 Å². The summed E-state index contributed by atoms with van der Waals surface area (Å²) in [6.07, 6.45) is 0.412. The number of carboxylic acid groups (broad SMARTS) is 2. The maximum absolute atomic E-state index is 11.6. The zero-order valence-corrected chi connectivity index (χ0v) is 19.8. The second-order valence-corrected chi connectivity index (χ2v) is 8.06. The summed E-state index contributed by atoms with van der Waals surface area (Å²) in [5, 5.41) is 22.1. The summed E-state index contributed by atoms with van der Waals surface area (Å²) >= 11 is 0. The molecule has 4 aromatic rings. The molecular weight excluding hydrogens is 458 g/mol. The predicted molar refractivity (Wildman–Crippen MR) is 138 cm³/mol. The van der Waals surface area contributed by atoms with Crippen LogP contribution in [0.5, 0.6) is 11.5 Å². The number of para-hydroxylation sites is 1. The lowest BCUT2D eigenvalue weighted by atomic mass is 9.96. The van der Waals surface area contributed by atoms with Crippen LogP contribution in [0.1, 0.15) is 31.8 Å². The van der Waals surface area contributed by atoms with E-state index >= 15 is 0 Å². The van der Waals surface area contributed by atoms with Crippen LogP contribution in [-0.4, -0.2) is 36.4 Å². The van der Waals surface area contributed by atoms with Gasteiger partial charge in [0.05, 0.1) is 31.0 Å². The molecule has 0 spiro atoms. The molecule has 0 atom stereocenters. The molecule has 0 radical (unpaired) electrons. The smallest absolute Gasteiger partial charge is 0.337 e. The number of carbonyl (C=O) groups is 2. The molecule has 0 aliphatic carbocycles. The standard InChI is InChI=1S/C29H25NO6/c1-35-26-16-19(11-12-20(26)15-18-7-3-4-8-23(18)28(31)32)22-14-13-21(17-27(22)36-2)30-25-10-6-5-9-24(25)29(33)34/h3-14,16-17,30H,15H2,1-2H3,(H,31,32)(H,33,34). The van der Waals surface area contributed by atoms with E-state index in [1.54, 1.807) is 62.8 Å². The Bertz CT molecular complexity index is 1430. The lowest BCUT2D eigenvalue weighted by molar-refractivity contribution is 0.0686. The average molecular weight is 484 g/mol. The molecule has 3 N–H and O–H groups in total. The Morgan fingerprint density at radius 3 is 2.08 bits per heavy atom. The van der Waals surface area contributed by atoms with Crippen molar-refractivity contribution >= 4 is 23.3 Å². The van der Waals surface area contributed by atoms with Crippen molar-refractivity contribution in [1.29, 1.82) is 0 Å². The third-order valence-electron chi connectivity index (χ3n) is 5.86. The van der Waals surface area contributed by atoms with Crippen molar-refractivity contribution in [2.75, 3.05) is 19.5 Å². The van der Waals surface area contributed by atoms with Gasteiger partial charge >= 0.3 is 11.9 Å². The van der Waals surface area contributed by atoms with Crippen molar-refractivity contribution in [3.63, 3.8) is 0 Å². The second kappa shape index (κ2) is 10.7. The van der Waals surface area contributed by atoms with Crippen LogP contribution in [0.2, 0.25) is 0 Å². The van der Waals surface area contributed by atoms with E-state index in [-0.39, 0.29) is 11.1 Å². The molecule has 4 rings (SSSR count). The molecule has 36 heavy (non-hydrogen) atoms. The molecule has 0 aromatic heterocycles. The second-order valence-electron chi connectivity index (χ2n) is 8.06. The summed E-state index contributed by atoms with van der Waals surface area (Å²) in [5.74, 6) is -0.753. The van der Waals surface area contributed by atoms with Crippen LogP contribution in [0.15, 0.2) is 84.9 Å². The van der Waals surface area contributed by atoms with Gasteiger partial charge in [-0.2, -0.15) is 0 Å². The number of hydrogen-bond donors (Lipinski definition) is 3. The lowest BCUT2D eigenvalue weighted by Gasteiger charge is -2.16. The molecule has 0 heterocycles. The van der Waals surface area contributed by atoms with Crippen LogP contribution >= 0.6 is 0 Å². The van der Waals surface area contributed by atoms with Crippen molar-refractivity contribution in [2.24, 2.45) is 0 Å². The van der Waals surface area contributed by atoms with Gasteiger partial charge in [-0.05, 0) is 53.1 Å². The largest absolute Gasteiger partial charge is 0.496 e. The molecule has 0 unspecified atom stereocenters. The molecule has 0 aliphatic heterocycles. The molecule has 0 bridgehead atoms. The van der Waals surface area contributed by atoms with Crippen LogP contribution in [0, 0.1) is 0 Å². The van der Waals surface area contributed by atoms with E-state index in [1.165, 1.54) is 0 Å². The summed E-state index contributed by atoms with van der Waals surface area (Å²) in [5.41, 5.74) is 4.83. The number of ether oxygens (including phenoxy) is 2. The van der Waals surface area contributed by atoms with Crippen molar-refractivity contribution in [3.05, 3.63) is 107 Å². The van der Waals surface area contributed by atoms with Crippen molar-refractivity contribution in [2.45, 2.75) is 6.42 Å². The number of anilines is 2. The van der Waals surface area contributed by atoms with Crippen LogP contribution < -0.4 is 14.8 Å². The highest BCUT2D eigenvalue weighted by atomic mass is 16.5. The molecule has 7 heteroatoms. The van der Waals surface area contributed by atoms with Crippen LogP contribution in [-0.2, 0) is 6.42 Å². The summed E-state index contributed by atoms with van der Waals surface area (Å²) < 4.78 is 11.3.